The molecule has 3 rings (SSSR count). The minimum Gasteiger partial charge on any atom is -0.396 e. The summed E-state index contributed by atoms with van der Waals surface area (Å²) in [4.78, 5) is 17.5. The van der Waals surface area contributed by atoms with Gasteiger partial charge < -0.3 is 5.11 Å². The SMILES string of the molecule is Cc1nc(-c2cccc(Cl)c2)n(Cc2cc(F)cc(F)c2)c(=O)c1CCO. The van der Waals surface area contributed by atoms with Gasteiger partial charge in [0.2, 0.25) is 0 Å². The number of halogens is 3. The lowest BCUT2D eigenvalue weighted by Crippen LogP contribution is -2.29. The quantitative estimate of drug-likeness (QED) is 0.722. The van der Waals surface area contributed by atoms with Crippen LogP contribution in [0.1, 0.15) is 16.8 Å². The van der Waals surface area contributed by atoms with Crippen molar-refractivity contribution in [3.8, 4) is 11.4 Å². The molecule has 0 spiro atoms. The highest BCUT2D eigenvalue weighted by Gasteiger charge is 2.16. The van der Waals surface area contributed by atoms with Crippen LogP contribution < -0.4 is 5.56 Å². The zero-order chi connectivity index (χ0) is 19.6. The molecule has 0 radical (unpaired) electrons. The molecule has 0 bridgehead atoms. The van der Waals surface area contributed by atoms with Gasteiger partial charge in [0, 0.05) is 40.9 Å². The number of nitrogens with zero attached hydrogens (tertiary/aromatic N) is 2. The Bertz CT molecular complexity index is 1030. The Balaban J connectivity index is 2.22. The van der Waals surface area contributed by atoms with Gasteiger partial charge >= 0.3 is 0 Å². The molecule has 27 heavy (non-hydrogen) atoms. The molecule has 0 aliphatic heterocycles. The highest BCUT2D eigenvalue weighted by Crippen LogP contribution is 2.22. The van der Waals surface area contributed by atoms with Gasteiger partial charge in [-0.05, 0) is 36.8 Å². The van der Waals surface area contributed by atoms with E-state index in [4.69, 9.17) is 11.6 Å². The molecule has 0 saturated carbocycles. The molecule has 4 nitrogen and oxygen atoms in total. The van der Waals surface area contributed by atoms with E-state index in [0.29, 0.717) is 33.2 Å². The van der Waals surface area contributed by atoms with Crippen LogP contribution in [0.5, 0.6) is 0 Å². The number of aryl methyl sites for hydroxylation is 1. The number of benzene rings is 2. The second-order valence-electron chi connectivity index (χ2n) is 6.15. The van der Waals surface area contributed by atoms with E-state index in [2.05, 4.69) is 4.98 Å². The van der Waals surface area contributed by atoms with E-state index in [1.165, 1.54) is 16.7 Å². The summed E-state index contributed by atoms with van der Waals surface area (Å²) in [6.07, 6.45) is 0.144. The first-order valence-corrected chi connectivity index (χ1v) is 8.69. The van der Waals surface area contributed by atoms with Crippen LogP contribution in [-0.4, -0.2) is 21.3 Å². The zero-order valence-corrected chi connectivity index (χ0v) is 15.3. The van der Waals surface area contributed by atoms with Crippen LogP contribution in [0.2, 0.25) is 5.02 Å². The average Bonchev–Trinajstić information content (AvgIpc) is 2.60. The fourth-order valence-corrected chi connectivity index (χ4v) is 3.17. The van der Waals surface area contributed by atoms with Crippen molar-refractivity contribution in [1.82, 2.24) is 9.55 Å². The molecule has 0 fully saturated rings. The highest BCUT2D eigenvalue weighted by molar-refractivity contribution is 6.30. The maximum atomic E-state index is 13.6. The topological polar surface area (TPSA) is 55.1 Å². The van der Waals surface area contributed by atoms with E-state index in [1.54, 1.807) is 31.2 Å². The molecule has 140 valence electrons. The minimum absolute atomic E-state index is 0.0684. The maximum absolute atomic E-state index is 13.6. The standard InChI is InChI=1S/C20H17ClF2N2O2/c1-12-18(5-6-26)20(27)25(11-13-7-16(22)10-17(23)8-13)19(24-12)14-3-2-4-15(21)9-14/h2-4,7-10,26H,5-6,11H2,1H3. The normalized spacial score (nSPS) is 11.0. The molecule has 2 aromatic carbocycles. The van der Waals surface area contributed by atoms with E-state index in [-0.39, 0.29) is 25.1 Å². The van der Waals surface area contributed by atoms with Gasteiger partial charge in [0.15, 0.2) is 0 Å². The molecule has 0 saturated heterocycles. The fraction of sp³-hybridized carbons (Fsp3) is 0.200. The summed E-state index contributed by atoms with van der Waals surface area (Å²) in [6.45, 7) is 1.41. The van der Waals surface area contributed by atoms with E-state index < -0.39 is 11.6 Å². The molecule has 0 unspecified atom stereocenters. The van der Waals surface area contributed by atoms with E-state index in [0.717, 1.165) is 6.07 Å². The van der Waals surface area contributed by atoms with E-state index in [9.17, 15) is 18.7 Å². The van der Waals surface area contributed by atoms with Gasteiger partial charge in [-0.15, -0.1) is 0 Å². The average molecular weight is 391 g/mol. The second-order valence-corrected chi connectivity index (χ2v) is 6.59. The Hall–Kier alpha value is -2.57. The predicted molar refractivity (Wildman–Crippen MR) is 99.9 cm³/mol. The smallest absolute Gasteiger partial charge is 0.257 e. The molecular weight excluding hydrogens is 374 g/mol. The first-order valence-electron chi connectivity index (χ1n) is 8.31. The lowest BCUT2D eigenvalue weighted by molar-refractivity contribution is 0.298. The first kappa shape index (κ1) is 19.2. The monoisotopic (exact) mass is 390 g/mol. The van der Waals surface area contributed by atoms with Gasteiger partial charge in [-0.3, -0.25) is 9.36 Å². The Labute approximate surface area is 159 Å². The third-order valence-electron chi connectivity index (χ3n) is 4.18. The Morgan fingerprint density at radius 1 is 1.15 bits per heavy atom. The van der Waals surface area contributed by atoms with Crippen molar-refractivity contribution >= 4 is 11.6 Å². The van der Waals surface area contributed by atoms with E-state index >= 15 is 0 Å². The van der Waals surface area contributed by atoms with Crippen molar-refractivity contribution in [3.05, 3.63) is 86.3 Å². The van der Waals surface area contributed by atoms with Crippen LogP contribution >= 0.6 is 11.6 Å². The molecule has 0 amide bonds. The molecule has 1 N–H and O–H groups in total. The number of rotatable bonds is 5. The summed E-state index contributed by atoms with van der Waals surface area (Å²) in [5.41, 5.74) is 1.38. The van der Waals surface area contributed by atoms with Crippen molar-refractivity contribution in [2.24, 2.45) is 0 Å². The van der Waals surface area contributed by atoms with Crippen LogP contribution in [0.4, 0.5) is 8.78 Å². The molecule has 1 aromatic heterocycles. The lowest BCUT2D eigenvalue weighted by Gasteiger charge is -2.16. The highest BCUT2D eigenvalue weighted by atomic mass is 35.5. The van der Waals surface area contributed by atoms with Gasteiger partial charge in [-0.1, -0.05) is 23.7 Å². The summed E-state index contributed by atoms with van der Waals surface area (Å²) >= 11 is 6.06. The van der Waals surface area contributed by atoms with Gasteiger partial charge in [-0.25, -0.2) is 13.8 Å². The Kier molecular flexibility index (Phi) is 5.68. The summed E-state index contributed by atoms with van der Waals surface area (Å²) in [6, 6.07) is 9.95. The molecular formula is C20H17ClF2N2O2. The van der Waals surface area contributed by atoms with Gasteiger partial charge in [0.25, 0.3) is 5.56 Å². The first-order chi connectivity index (χ1) is 12.9. The summed E-state index contributed by atoms with van der Waals surface area (Å²) in [5, 5.41) is 9.73. The van der Waals surface area contributed by atoms with Crippen molar-refractivity contribution in [2.45, 2.75) is 19.9 Å². The molecule has 7 heteroatoms. The number of hydrogen-bond donors (Lipinski definition) is 1. The van der Waals surface area contributed by atoms with E-state index in [1.807, 2.05) is 0 Å². The van der Waals surface area contributed by atoms with Crippen LogP contribution in [0.15, 0.2) is 47.3 Å². The number of aliphatic hydroxyl groups is 1. The van der Waals surface area contributed by atoms with Gasteiger partial charge in [-0.2, -0.15) is 0 Å². The van der Waals surface area contributed by atoms with Crippen LogP contribution in [0, 0.1) is 18.6 Å². The van der Waals surface area contributed by atoms with Gasteiger partial charge in [0.05, 0.1) is 6.54 Å². The lowest BCUT2D eigenvalue weighted by atomic mass is 10.1. The molecule has 3 aromatic rings. The minimum atomic E-state index is -0.724. The number of hydrogen-bond acceptors (Lipinski definition) is 3. The molecule has 0 aliphatic rings. The van der Waals surface area contributed by atoms with Crippen molar-refractivity contribution in [2.75, 3.05) is 6.61 Å². The van der Waals surface area contributed by atoms with Crippen molar-refractivity contribution in [1.29, 1.82) is 0 Å². The zero-order valence-electron chi connectivity index (χ0n) is 14.5. The number of aromatic nitrogens is 2. The third kappa shape index (κ3) is 4.23. The maximum Gasteiger partial charge on any atom is 0.257 e. The molecule has 0 atom stereocenters. The van der Waals surface area contributed by atoms with Crippen LogP contribution in [0.3, 0.4) is 0 Å². The largest absolute Gasteiger partial charge is 0.396 e. The molecule has 0 aliphatic carbocycles. The van der Waals surface area contributed by atoms with Crippen molar-refractivity contribution < 1.29 is 13.9 Å². The summed E-state index contributed by atoms with van der Waals surface area (Å²) < 4.78 is 28.5. The second kappa shape index (κ2) is 7.98. The Morgan fingerprint density at radius 3 is 2.48 bits per heavy atom. The van der Waals surface area contributed by atoms with Crippen LogP contribution in [-0.2, 0) is 13.0 Å². The van der Waals surface area contributed by atoms with Crippen molar-refractivity contribution in [3.63, 3.8) is 0 Å². The number of aliphatic hydroxyl groups excluding tert-OH is 1. The van der Waals surface area contributed by atoms with Crippen LogP contribution in [0.25, 0.3) is 11.4 Å². The van der Waals surface area contributed by atoms with Gasteiger partial charge in [0.1, 0.15) is 17.5 Å². The third-order valence-corrected chi connectivity index (χ3v) is 4.41. The fourth-order valence-electron chi connectivity index (χ4n) is 2.98. The summed E-state index contributed by atoms with van der Waals surface area (Å²) in [5.74, 6) is -1.11. The molecule has 1 heterocycles. The Morgan fingerprint density at radius 2 is 1.85 bits per heavy atom. The predicted octanol–water partition coefficient (Wildman–Crippen LogP) is 3.73. The summed E-state index contributed by atoms with van der Waals surface area (Å²) in [7, 11) is 0.